The molecule has 2 rings (SSSR count). The third kappa shape index (κ3) is 3.48. The molecule has 1 aliphatic rings. The molecule has 2 atom stereocenters. The van der Waals surface area contributed by atoms with E-state index in [0.29, 0.717) is 10.8 Å². The Morgan fingerprint density at radius 2 is 1.95 bits per heavy atom. The fraction of sp³-hybridized carbons (Fsp3) is 0.571. The molecule has 19 heavy (non-hydrogen) atoms. The van der Waals surface area contributed by atoms with Crippen LogP contribution in [0.5, 0.6) is 0 Å². The van der Waals surface area contributed by atoms with Gasteiger partial charge in [-0.2, -0.15) is 0 Å². The van der Waals surface area contributed by atoms with Crippen LogP contribution in [0.25, 0.3) is 0 Å². The van der Waals surface area contributed by atoms with Crippen molar-refractivity contribution in [3.8, 4) is 0 Å². The number of aliphatic hydroxyl groups is 1. The zero-order valence-electron chi connectivity index (χ0n) is 11.4. The Balaban J connectivity index is 2.14. The van der Waals surface area contributed by atoms with E-state index in [1.807, 2.05) is 19.1 Å². The lowest BCUT2D eigenvalue weighted by atomic mass is 9.93. The number of aliphatic hydroxyl groups excluding tert-OH is 1. The lowest BCUT2D eigenvalue weighted by Gasteiger charge is -2.35. The van der Waals surface area contributed by atoms with E-state index in [0.717, 1.165) is 31.6 Å². The SMILES string of the molecule is CC(O)C1CCCN(c2ccc(S(C)(=O)=O)cc2)C1. The molecule has 1 saturated heterocycles. The van der Waals surface area contributed by atoms with E-state index < -0.39 is 9.84 Å². The third-order valence-corrected chi connectivity index (χ3v) is 4.90. The minimum atomic E-state index is -3.13. The third-order valence-electron chi connectivity index (χ3n) is 3.77. The van der Waals surface area contributed by atoms with Crippen molar-refractivity contribution in [2.75, 3.05) is 24.2 Å². The van der Waals surface area contributed by atoms with Crippen LogP contribution in [0.2, 0.25) is 0 Å². The zero-order valence-corrected chi connectivity index (χ0v) is 12.2. The molecule has 0 radical (unpaired) electrons. The summed E-state index contributed by atoms with van der Waals surface area (Å²) in [6.07, 6.45) is 3.03. The normalized spacial score (nSPS) is 22.3. The van der Waals surface area contributed by atoms with Gasteiger partial charge in [0.05, 0.1) is 11.0 Å². The highest BCUT2D eigenvalue weighted by molar-refractivity contribution is 7.90. The summed E-state index contributed by atoms with van der Waals surface area (Å²) < 4.78 is 22.8. The Kier molecular flexibility index (Phi) is 4.16. The quantitative estimate of drug-likeness (QED) is 0.917. The standard InChI is InChI=1S/C14H21NO3S/c1-11(16)12-4-3-9-15(10-12)13-5-7-14(8-6-13)19(2,17)18/h5-8,11-12,16H,3-4,9-10H2,1-2H3. The lowest BCUT2D eigenvalue weighted by Crippen LogP contribution is -2.39. The summed E-state index contributed by atoms with van der Waals surface area (Å²) in [4.78, 5) is 2.56. The Hall–Kier alpha value is -1.07. The Bertz CT molecular complexity index is 522. The Morgan fingerprint density at radius 1 is 1.32 bits per heavy atom. The maximum atomic E-state index is 11.4. The summed E-state index contributed by atoms with van der Waals surface area (Å²) in [5, 5.41) is 9.69. The van der Waals surface area contributed by atoms with Crippen molar-refractivity contribution in [3.63, 3.8) is 0 Å². The number of hydrogen-bond donors (Lipinski definition) is 1. The molecular formula is C14H21NO3S. The summed E-state index contributed by atoms with van der Waals surface area (Å²) in [5.41, 5.74) is 1.03. The van der Waals surface area contributed by atoms with Gasteiger partial charge < -0.3 is 10.0 Å². The molecule has 0 bridgehead atoms. The predicted molar refractivity (Wildman–Crippen MR) is 76.2 cm³/mol. The van der Waals surface area contributed by atoms with Crippen LogP contribution in [0, 0.1) is 5.92 Å². The highest BCUT2D eigenvalue weighted by atomic mass is 32.2. The smallest absolute Gasteiger partial charge is 0.175 e. The number of sulfone groups is 1. The van der Waals surface area contributed by atoms with Crippen molar-refractivity contribution < 1.29 is 13.5 Å². The minimum Gasteiger partial charge on any atom is -0.393 e. The van der Waals surface area contributed by atoms with Gasteiger partial charge in [0.25, 0.3) is 0 Å². The molecule has 0 aliphatic carbocycles. The number of anilines is 1. The first-order valence-electron chi connectivity index (χ1n) is 6.61. The van der Waals surface area contributed by atoms with E-state index in [9.17, 15) is 13.5 Å². The first-order chi connectivity index (χ1) is 8.88. The van der Waals surface area contributed by atoms with Crippen molar-refractivity contribution in [2.24, 2.45) is 5.92 Å². The second-order valence-electron chi connectivity index (χ2n) is 5.35. The zero-order chi connectivity index (χ0) is 14.0. The van der Waals surface area contributed by atoms with E-state index in [2.05, 4.69) is 4.90 Å². The van der Waals surface area contributed by atoms with Gasteiger partial charge >= 0.3 is 0 Å². The van der Waals surface area contributed by atoms with E-state index >= 15 is 0 Å². The summed E-state index contributed by atoms with van der Waals surface area (Å²) in [7, 11) is -3.13. The molecule has 1 fully saturated rings. The molecule has 2 unspecified atom stereocenters. The first kappa shape index (κ1) is 14.3. The molecule has 5 heteroatoms. The Morgan fingerprint density at radius 3 is 2.47 bits per heavy atom. The van der Waals surface area contributed by atoms with Gasteiger partial charge in [-0.1, -0.05) is 0 Å². The van der Waals surface area contributed by atoms with E-state index in [1.165, 1.54) is 6.26 Å². The molecule has 0 spiro atoms. The molecule has 0 amide bonds. The van der Waals surface area contributed by atoms with Gasteiger partial charge in [-0.15, -0.1) is 0 Å². The first-order valence-corrected chi connectivity index (χ1v) is 8.50. The number of benzene rings is 1. The van der Waals surface area contributed by atoms with Crippen molar-refractivity contribution >= 4 is 15.5 Å². The molecule has 1 N–H and O–H groups in total. The summed E-state index contributed by atoms with van der Waals surface area (Å²) >= 11 is 0. The maximum absolute atomic E-state index is 11.4. The van der Waals surface area contributed by atoms with Crippen LogP contribution >= 0.6 is 0 Å². The van der Waals surface area contributed by atoms with Crippen molar-refractivity contribution in [1.82, 2.24) is 0 Å². The van der Waals surface area contributed by atoms with Gasteiger partial charge in [0.15, 0.2) is 9.84 Å². The topological polar surface area (TPSA) is 57.6 Å². The fourth-order valence-corrected chi connectivity index (χ4v) is 3.17. The number of nitrogens with zero attached hydrogens (tertiary/aromatic N) is 1. The van der Waals surface area contributed by atoms with Crippen LogP contribution in [0.3, 0.4) is 0 Å². The van der Waals surface area contributed by atoms with Gasteiger partial charge in [-0.25, -0.2) is 8.42 Å². The molecule has 1 heterocycles. The van der Waals surface area contributed by atoms with Gasteiger partial charge in [0.1, 0.15) is 0 Å². The number of hydrogen-bond acceptors (Lipinski definition) is 4. The molecule has 4 nitrogen and oxygen atoms in total. The van der Waals surface area contributed by atoms with Gasteiger partial charge in [0, 0.05) is 31.0 Å². The fourth-order valence-electron chi connectivity index (χ4n) is 2.54. The average Bonchev–Trinajstić information content (AvgIpc) is 2.38. The van der Waals surface area contributed by atoms with Gasteiger partial charge in [-0.05, 0) is 44.0 Å². The molecule has 106 valence electrons. The summed E-state index contributed by atoms with van der Waals surface area (Å²) in [6, 6.07) is 6.99. The maximum Gasteiger partial charge on any atom is 0.175 e. The van der Waals surface area contributed by atoms with Crippen LogP contribution < -0.4 is 4.90 Å². The molecule has 1 aromatic carbocycles. The molecule has 0 saturated carbocycles. The van der Waals surface area contributed by atoms with Crippen molar-refractivity contribution in [2.45, 2.75) is 30.8 Å². The van der Waals surface area contributed by atoms with E-state index in [4.69, 9.17) is 0 Å². The van der Waals surface area contributed by atoms with Crippen LogP contribution in [0.15, 0.2) is 29.2 Å². The molecular weight excluding hydrogens is 262 g/mol. The van der Waals surface area contributed by atoms with Crippen molar-refractivity contribution in [3.05, 3.63) is 24.3 Å². The predicted octanol–water partition coefficient (Wildman–Crippen LogP) is 1.69. The lowest BCUT2D eigenvalue weighted by molar-refractivity contribution is 0.115. The van der Waals surface area contributed by atoms with Crippen molar-refractivity contribution in [1.29, 1.82) is 0 Å². The van der Waals surface area contributed by atoms with Crippen LogP contribution in [0.1, 0.15) is 19.8 Å². The van der Waals surface area contributed by atoms with Crippen LogP contribution in [0.4, 0.5) is 5.69 Å². The monoisotopic (exact) mass is 283 g/mol. The minimum absolute atomic E-state index is 0.293. The van der Waals surface area contributed by atoms with E-state index in [-0.39, 0.29) is 6.10 Å². The highest BCUT2D eigenvalue weighted by Gasteiger charge is 2.23. The average molecular weight is 283 g/mol. The van der Waals surface area contributed by atoms with Gasteiger partial charge in [0.2, 0.25) is 0 Å². The second-order valence-corrected chi connectivity index (χ2v) is 7.37. The largest absolute Gasteiger partial charge is 0.393 e. The summed E-state index contributed by atoms with van der Waals surface area (Å²) in [5.74, 6) is 0.295. The van der Waals surface area contributed by atoms with Crippen LogP contribution in [-0.2, 0) is 9.84 Å². The Labute approximate surface area is 115 Å². The number of piperidine rings is 1. The summed E-state index contributed by atoms with van der Waals surface area (Å²) in [6.45, 7) is 3.62. The number of rotatable bonds is 3. The highest BCUT2D eigenvalue weighted by Crippen LogP contribution is 2.26. The second kappa shape index (κ2) is 5.51. The molecule has 1 aliphatic heterocycles. The van der Waals surface area contributed by atoms with E-state index in [1.54, 1.807) is 12.1 Å². The van der Waals surface area contributed by atoms with Crippen LogP contribution in [-0.4, -0.2) is 39.0 Å². The molecule has 0 aromatic heterocycles. The molecule has 1 aromatic rings. The van der Waals surface area contributed by atoms with Gasteiger partial charge in [-0.3, -0.25) is 0 Å².